The highest BCUT2D eigenvalue weighted by Gasteiger charge is 2.53. The van der Waals surface area contributed by atoms with Crippen molar-refractivity contribution in [1.82, 2.24) is 5.32 Å². The van der Waals surface area contributed by atoms with Crippen molar-refractivity contribution >= 4 is 29.7 Å². The number of ether oxygens (including phenoxy) is 4. The maximum absolute atomic E-state index is 12.1. The Hall–Kier alpha value is -2.73. The Labute approximate surface area is 173 Å². The summed E-state index contributed by atoms with van der Waals surface area (Å²) in [4.78, 5) is 58.7. The predicted molar refractivity (Wildman–Crippen MR) is 100 cm³/mol. The first-order chi connectivity index (χ1) is 14.0. The molecule has 1 fully saturated rings. The van der Waals surface area contributed by atoms with Crippen molar-refractivity contribution in [1.29, 1.82) is 0 Å². The molecule has 1 rings (SSSR count). The molecule has 1 saturated heterocycles. The summed E-state index contributed by atoms with van der Waals surface area (Å²) < 4.78 is 21.6. The Balaban J connectivity index is 3.47. The van der Waals surface area contributed by atoms with Crippen LogP contribution < -0.4 is 16.8 Å². The molecule has 2 amide bonds. The van der Waals surface area contributed by atoms with Gasteiger partial charge in [0.2, 0.25) is 11.8 Å². The zero-order valence-corrected chi connectivity index (χ0v) is 17.4. The van der Waals surface area contributed by atoms with Crippen molar-refractivity contribution in [2.75, 3.05) is 13.2 Å². The van der Waals surface area contributed by atoms with Crippen molar-refractivity contribution in [2.45, 2.75) is 64.6 Å². The first-order valence-electron chi connectivity index (χ1n) is 9.37. The molecule has 1 unspecified atom stereocenters. The average Bonchev–Trinajstić information content (AvgIpc) is 2.60. The quantitative estimate of drug-likeness (QED) is 0.276. The molecule has 0 aliphatic carbocycles. The summed E-state index contributed by atoms with van der Waals surface area (Å²) in [5.41, 5.74) is 11.1. The van der Waals surface area contributed by atoms with E-state index < -0.39 is 66.1 Å². The van der Waals surface area contributed by atoms with E-state index in [0.717, 1.165) is 13.8 Å². The number of primary amides is 1. The zero-order valence-electron chi connectivity index (χ0n) is 17.4. The summed E-state index contributed by atoms with van der Waals surface area (Å²) in [7, 11) is 0. The van der Waals surface area contributed by atoms with Gasteiger partial charge < -0.3 is 35.7 Å². The van der Waals surface area contributed by atoms with E-state index in [1.165, 1.54) is 13.8 Å². The van der Waals surface area contributed by atoms with E-state index in [1.54, 1.807) is 0 Å². The van der Waals surface area contributed by atoms with Crippen molar-refractivity contribution in [2.24, 2.45) is 17.4 Å². The highest BCUT2D eigenvalue weighted by atomic mass is 16.6. The van der Waals surface area contributed by atoms with E-state index in [1.807, 2.05) is 0 Å². The lowest BCUT2D eigenvalue weighted by Crippen LogP contribution is -2.68. The second kappa shape index (κ2) is 11.5. The van der Waals surface area contributed by atoms with Crippen molar-refractivity contribution in [3.05, 3.63) is 0 Å². The second-order valence-electron chi connectivity index (χ2n) is 6.90. The summed E-state index contributed by atoms with van der Waals surface area (Å²) in [6.45, 7) is 4.38. The molecule has 170 valence electrons. The van der Waals surface area contributed by atoms with Gasteiger partial charge in [-0.05, 0) is 13.0 Å². The number of carbonyl (C=O) groups excluding carboxylic acids is 5. The van der Waals surface area contributed by atoms with Crippen LogP contribution in [0, 0.1) is 5.92 Å². The molecule has 1 aliphatic rings. The Morgan fingerprint density at radius 1 is 0.967 bits per heavy atom. The van der Waals surface area contributed by atoms with Crippen LogP contribution in [0.1, 0.15) is 34.1 Å². The smallest absolute Gasteiger partial charge is 0.303 e. The van der Waals surface area contributed by atoms with E-state index in [0.29, 0.717) is 0 Å². The van der Waals surface area contributed by atoms with Gasteiger partial charge in [0.15, 0.2) is 12.2 Å². The Bertz CT molecular complexity index is 669. The maximum atomic E-state index is 12.1. The number of rotatable bonds is 9. The van der Waals surface area contributed by atoms with Gasteiger partial charge >= 0.3 is 17.9 Å². The standard InChI is InChI=1S/C18H29N3O9/c1-8(22)21-14-15(12(5-6-19)18(20)26)30-13(7-27-9(2)23)16(28-10(3)24)17(14)29-11(4)25/h12-17H,5-7,19H2,1-4H3,(H2,20,26)(H,21,22)/t12?,13-,14+,15+,16-,17-/m1/s1. The van der Waals surface area contributed by atoms with Gasteiger partial charge in [-0.1, -0.05) is 0 Å². The number of hydrogen-bond acceptors (Lipinski definition) is 10. The van der Waals surface area contributed by atoms with Crippen LogP contribution in [0.25, 0.3) is 0 Å². The third kappa shape index (κ3) is 7.26. The van der Waals surface area contributed by atoms with Crippen LogP contribution in [-0.4, -0.2) is 73.3 Å². The molecule has 0 aromatic heterocycles. The van der Waals surface area contributed by atoms with Gasteiger partial charge in [-0.15, -0.1) is 0 Å². The number of carbonyl (C=O) groups is 5. The van der Waals surface area contributed by atoms with Crippen LogP contribution in [0.4, 0.5) is 0 Å². The van der Waals surface area contributed by atoms with Gasteiger partial charge in [0, 0.05) is 27.7 Å². The Morgan fingerprint density at radius 3 is 1.97 bits per heavy atom. The average molecular weight is 431 g/mol. The summed E-state index contributed by atoms with van der Waals surface area (Å²) in [5, 5.41) is 2.58. The SMILES string of the molecule is CC(=O)N[C@@H]1[C@@H](OC(C)=O)[C@H](OC(C)=O)[C@@H](COC(C)=O)O[C@H]1C(CCN)C(N)=O. The van der Waals surface area contributed by atoms with Crippen LogP contribution in [0.3, 0.4) is 0 Å². The third-order valence-electron chi connectivity index (χ3n) is 4.39. The molecule has 12 nitrogen and oxygen atoms in total. The monoisotopic (exact) mass is 431 g/mol. The predicted octanol–water partition coefficient (Wildman–Crippen LogP) is -1.86. The topological polar surface area (TPSA) is 186 Å². The molecule has 5 N–H and O–H groups in total. The van der Waals surface area contributed by atoms with Crippen LogP contribution in [0.2, 0.25) is 0 Å². The normalized spacial score (nSPS) is 26.8. The molecule has 30 heavy (non-hydrogen) atoms. The fourth-order valence-corrected chi connectivity index (χ4v) is 3.36. The molecule has 0 aromatic carbocycles. The first kappa shape index (κ1) is 25.3. The number of amides is 2. The van der Waals surface area contributed by atoms with Crippen LogP contribution in [0.15, 0.2) is 0 Å². The van der Waals surface area contributed by atoms with Gasteiger partial charge in [-0.25, -0.2) is 0 Å². The minimum Gasteiger partial charge on any atom is -0.463 e. The molecule has 0 radical (unpaired) electrons. The second-order valence-corrected chi connectivity index (χ2v) is 6.90. The number of esters is 3. The van der Waals surface area contributed by atoms with Gasteiger partial charge in [0.25, 0.3) is 0 Å². The lowest BCUT2D eigenvalue weighted by Gasteiger charge is -2.47. The Morgan fingerprint density at radius 2 is 1.53 bits per heavy atom. The van der Waals surface area contributed by atoms with Crippen molar-refractivity contribution in [3.8, 4) is 0 Å². The van der Waals surface area contributed by atoms with Gasteiger partial charge in [-0.2, -0.15) is 0 Å². The summed E-state index contributed by atoms with van der Waals surface area (Å²) in [6.07, 6.45) is -4.55. The van der Waals surface area contributed by atoms with Crippen molar-refractivity contribution < 1.29 is 42.9 Å². The van der Waals surface area contributed by atoms with Crippen molar-refractivity contribution in [3.63, 3.8) is 0 Å². The van der Waals surface area contributed by atoms with E-state index in [4.69, 9.17) is 30.4 Å². The Kier molecular flexibility index (Phi) is 9.66. The molecule has 1 aliphatic heterocycles. The molecular formula is C18H29N3O9. The molecule has 0 aromatic rings. The molecule has 0 saturated carbocycles. The van der Waals surface area contributed by atoms with E-state index in [9.17, 15) is 24.0 Å². The van der Waals surface area contributed by atoms with Gasteiger partial charge in [0.1, 0.15) is 12.7 Å². The number of nitrogens with two attached hydrogens (primary N) is 2. The maximum Gasteiger partial charge on any atom is 0.303 e. The van der Waals surface area contributed by atoms with Gasteiger partial charge in [-0.3, -0.25) is 24.0 Å². The lowest BCUT2D eigenvalue weighted by atomic mass is 9.83. The molecular weight excluding hydrogens is 402 g/mol. The lowest BCUT2D eigenvalue weighted by molar-refractivity contribution is -0.230. The first-order valence-corrected chi connectivity index (χ1v) is 9.37. The molecule has 6 atom stereocenters. The number of nitrogens with one attached hydrogen (secondary N) is 1. The molecule has 0 bridgehead atoms. The highest BCUT2D eigenvalue weighted by molar-refractivity contribution is 5.78. The summed E-state index contributed by atoms with van der Waals surface area (Å²) in [6, 6.07) is -1.09. The fraction of sp³-hybridized carbons (Fsp3) is 0.722. The zero-order chi connectivity index (χ0) is 23.0. The fourth-order valence-electron chi connectivity index (χ4n) is 3.36. The van der Waals surface area contributed by atoms with E-state index in [2.05, 4.69) is 5.32 Å². The molecule has 1 heterocycles. The van der Waals surface area contributed by atoms with Crippen LogP contribution in [-0.2, 0) is 42.9 Å². The molecule has 12 heteroatoms. The third-order valence-corrected chi connectivity index (χ3v) is 4.39. The minimum absolute atomic E-state index is 0.0838. The largest absolute Gasteiger partial charge is 0.463 e. The number of hydrogen-bond donors (Lipinski definition) is 3. The summed E-state index contributed by atoms with van der Waals surface area (Å²) >= 11 is 0. The minimum atomic E-state index is -1.24. The van der Waals surface area contributed by atoms with Crippen LogP contribution in [0.5, 0.6) is 0 Å². The summed E-state index contributed by atoms with van der Waals surface area (Å²) in [5.74, 6) is -4.31. The van der Waals surface area contributed by atoms with Crippen LogP contribution >= 0.6 is 0 Å². The van der Waals surface area contributed by atoms with E-state index in [-0.39, 0.29) is 19.6 Å². The molecule has 0 spiro atoms. The highest BCUT2D eigenvalue weighted by Crippen LogP contribution is 2.31. The van der Waals surface area contributed by atoms with Gasteiger partial charge in [0.05, 0.1) is 18.1 Å². The van der Waals surface area contributed by atoms with E-state index >= 15 is 0 Å².